The molecule has 49 heavy (non-hydrogen) atoms. The number of rotatable bonds is 15. The van der Waals surface area contributed by atoms with Crippen molar-refractivity contribution in [1.82, 2.24) is 20.0 Å². The summed E-state index contributed by atoms with van der Waals surface area (Å²) in [5, 5.41) is 16.5. The first-order chi connectivity index (χ1) is 23.4. The Labute approximate surface area is 284 Å². The molecule has 2 amide bonds. The molecule has 0 saturated heterocycles. The molecule has 0 aliphatic heterocycles. The number of nitrogens with one attached hydrogen (secondary N) is 2. The maximum absolute atomic E-state index is 13.4. The smallest absolute Gasteiger partial charge is 0.427 e. The van der Waals surface area contributed by atoms with E-state index >= 15 is 0 Å². The number of carboxylic acid groups (broad SMARTS) is 1. The minimum atomic E-state index is -3.67. The summed E-state index contributed by atoms with van der Waals surface area (Å²) in [5.74, 6) is -0.203. The third-order valence-corrected chi connectivity index (χ3v) is 6.90. The molecule has 2 aromatic heterocycles. The van der Waals surface area contributed by atoms with Crippen molar-refractivity contribution in [3.05, 3.63) is 83.8 Å². The maximum Gasteiger partial charge on any atom is 0.427 e. The van der Waals surface area contributed by atoms with Crippen LogP contribution in [0.4, 0.5) is 16.3 Å². The molecule has 0 aliphatic rings. The molecule has 262 valence electrons. The van der Waals surface area contributed by atoms with Crippen LogP contribution < -0.4 is 15.6 Å². The van der Waals surface area contributed by atoms with Gasteiger partial charge >= 0.3 is 12.1 Å². The summed E-state index contributed by atoms with van der Waals surface area (Å²) in [7, 11) is -1.76. The van der Waals surface area contributed by atoms with Gasteiger partial charge in [-0.2, -0.15) is 13.5 Å². The number of pyridine rings is 1. The fourth-order valence-electron chi connectivity index (χ4n) is 4.49. The Balaban J connectivity index is 0.00000121. The number of unbranched alkanes of at least 4 members (excludes halogenated alkanes) is 3. The Kier molecular flexibility index (Phi) is 14.7. The van der Waals surface area contributed by atoms with Crippen molar-refractivity contribution >= 4 is 56.8 Å². The number of hydrogen-bond acceptors (Lipinski definition) is 10. The van der Waals surface area contributed by atoms with Crippen molar-refractivity contribution in [2.24, 2.45) is 12.1 Å². The van der Waals surface area contributed by atoms with Gasteiger partial charge in [0.15, 0.2) is 0 Å². The van der Waals surface area contributed by atoms with Crippen molar-refractivity contribution in [2.45, 2.75) is 45.6 Å². The van der Waals surface area contributed by atoms with Crippen LogP contribution in [0.25, 0.3) is 11.0 Å². The molecular formula is C33H41N7O8S. The number of aryl methyl sites for hydroxylation is 1. The van der Waals surface area contributed by atoms with Crippen molar-refractivity contribution in [3.63, 3.8) is 0 Å². The van der Waals surface area contributed by atoms with Gasteiger partial charge in [0.25, 0.3) is 16.0 Å². The minimum absolute atomic E-state index is 0.00645. The number of carboxylic acids is 1. The van der Waals surface area contributed by atoms with Crippen LogP contribution in [-0.4, -0.2) is 76.2 Å². The van der Waals surface area contributed by atoms with Gasteiger partial charge < -0.3 is 19.7 Å². The van der Waals surface area contributed by atoms with Crippen LogP contribution in [0.3, 0.4) is 0 Å². The number of aliphatic carboxylic acids is 1. The van der Waals surface area contributed by atoms with E-state index in [4.69, 9.17) is 14.3 Å². The monoisotopic (exact) mass is 695 g/mol. The van der Waals surface area contributed by atoms with Crippen molar-refractivity contribution in [1.29, 1.82) is 0 Å². The number of benzene rings is 2. The summed E-state index contributed by atoms with van der Waals surface area (Å²) in [6.45, 7) is 2.94. The fourth-order valence-corrected chi connectivity index (χ4v) is 4.49. The normalized spacial score (nSPS) is 11.1. The summed E-state index contributed by atoms with van der Waals surface area (Å²) >= 11 is 0. The molecular weight excluding hydrogens is 654 g/mol. The lowest BCUT2D eigenvalue weighted by Gasteiger charge is -2.21. The van der Waals surface area contributed by atoms with Crippen LogP contribution in [0.15, 0.2) is 72.0 Å². The summed E-state index contributed by atoms with van der Waals surface area (Å²) in [5.41, 5.74) is 5.93. The van der Waals surface area contributed by atoms with Gasteiger partial charge in [0.05, 0.1) is 43.1 Å². The van der Waals surface area contributed by atoms with Crippen LogP contribution in [0.1, 0.15) is 60.8 Å². The van der Waals surface area contributed by atoms with E-state index in [9.17, 15) is 27.9 Å². The Hall–Kier alpha value is -5.35. The van der Waals surface area contributed by atoms with Crippen LogP contribution in [0, 0.1) is 0 Å². The molecule has 0 unspecified atom stereocenters. The van der Waals surface area contributed by atoms with Gasteiger partial charge in [-0.25, -0.2) is 20.2 Å². The first kappa shape index (κ1) is 38.1. The lowest BCUT2D eigenvalue weighted by atomic mass is 10.1. The van der Waals surface area contributed by atoms with E-state index in [1.807, 2.05) is 41.9 Å². The Bertz CT molecular complexity index is 1820. The first-order valence-corrected chi connectivity index (χ1v) is 17.3. The molecule has 4 rings (SSSR count). The van der Waals surface area contributed by atoms with E-state index in [-0.39, 0.29) is 18.9 Å². The number of hydrazone groups is 1. The number of carbonyl (C=O) groups is 3. The lowest BCUT2D eigenvalue weighted by Crippen LogP contribution is -2.33. The maximum atomic E-state index is 13.4. The quantitative estimate of drug-likeness (QED) is 0.0573. The number of aromatic nitrogens is 3. The molecule has 0 saturated carbocycles. The van der Waals surface area contributed by atoms with Gasteiger partial charge in [0.1, 0.15) is 11.6 Å². The average Bonchev–Trinajstić information content (AvgIpc) is 3.38. The summed E-state index contributed by atoms with van der Waals surface area (Å²) in [6.07, 6.45) is 7.18. The van der Waals surface area contributed by atoms with Gasteiger partial charge in [-0.15, -0.1) is 0 Å². The number of carbonyl (C=O) groups excluding carboxylic acids is 2. The van der Waals surface area contributed by atoms with E-state index in [0.29, 0.717) is 36.3 Å². The van der Waals surface area contributed by atoms with E-state index in [1.54, 1.807) is 42.7 Å². The topological polar surface area (TPSA) is 205 Å². The highest BCUT2D eigenvalue weighted by Gasteiger charge is 2.21. The molecule has 4 aromatic rings. The average molecular weight is 696 g/mol. The Morgan fingerprint density at radius 3 is 2.45 bits per heavy atom. The summed E-state index contributed by atoms with van der Waals surface area (Å²) in [6, 6.07) is 17.9. The van der Waals surface area contributed by atoms with E-state index in [0.717, 1.165) is 48.3 Å². The molecule has 2 aromatic carbocycles. The second-order valence-corrected chi connectivity index (χ2v) is 12.3. The van der Waals surface area contributed by atoms with Crippen LogP contribution in [0.2, 0.25) is 0 Å². The number of imidazole rings is 1. The van der Waals surface area contributed by atoms with Gasteiger partial charge in [-0.05, 0) is 54.4 Å². The number of ether oxygens (including phenoxy) is 1. The third kappa shape index (κ3) is 13.4. The molecule has 15 nitrogen and oxygen atoms in total. The van der Waals surface area contributed by atoms with E-state index < -0.39 is 22.2 Å². The fraction of sp³-hybridized carbons (Fsp3) is 0.333. The zero-order valence-electron chi connectivity index (χ0n) is 27.6. The zero-order chi connectivity index (χ0) is 35.8. The number of fused-ring (bicyclic) bond motifs is 1. The van der Waals surface area contributed by atoms with E-state index in [2.05, 4.69) is 27.8 Å². The molecule has 16 heteroatoms. The van der Waals surface area contributed by atoms with Crippen molar-refractivity contribution in [2.75, 3.05) is 29.6 Å². The third-order valence-electron chi connectivity index (χ3n) is 6.90. The molecule has 0 bridgehead atoms. The van der Waals surface area contributed by atoms with Crippen molar-refractivity contribution < 1.29 is 37.2 Å². The van der Waals surface area contributed by atoms with Crippen molar-refractivity contribution in [3.8, 4) is 0 Å². The van der Waals surface area contributed by atoms with Gasteiger partial charge in [0, 0.05) is 31.0 Å². The zero-order valence-corrected chi connectivity index (χ0v) is 28.4. The lowest BCUT2D eigenvalue weighted by molar-refractivity contribution is -0.136. The second kappa shape index (κ2) is 18.8. The van der Waals surface area contributed by atoms with Gasteiger partial charge in [-0.1, -0.05) is 44.4 Å². The van der Waals surface area contributed by atoms with Gasteiger partial charge in [-0.3, -0.25) is 19.0 Å². The molecule has 0 fully saturated rings. The summed E-state index contributed by atoms with van der Waals surface area (Å²) in [4.78, 5) is 46.7. The largest absolute Gasteiger partial charge is 0.481 e. The first-order valence-electron chi connectivity index (χ1n) is 15.5. The molecule has 2 heterocycles. The predicted octanol–water partition coefficient (Wildman–Crippen LogP) is 4.85. The standard InChI is InChI=1S/C32H37N7O5.CH4O3S/c1-3-4-5-8-19-44-32(43)37-35-21-23-10-13-25(14-11-23)34-22-29-36-26-20-24(12-15-27(26)38(29)2)31(42)39(18-16-30(40)41)28-9-6-7-17-33-28;1-5(2,3)4/h6-7,9-15,17,20-21,34H,3-5,8,16,18-19,22H2,1-2H3,(H,37,43)(H,40,41);1H3,(H,2,3,4). The predicted molar refractivity (Wildman–Crippen MR) is 186 cm³/mol. The molecule has 0 radical (unpaired) electrons. The number of nitrogens with zero attached hydrogens (tertiary/aromatic N) is 5. The van der Waals surface area contributed by atoms with E-state index in [1.165, 1.54) is 4.90 Å². The van der Waals surface area contributed by atoms with Gasteiger partial charge in [0.2, 0.25) is 0 Å². The van der Waals surface area contributed by atoms with Crippen LogP contribution in [0.5, 0.6) is 0 Å². The second-order valence-electron chi connectivity index (χ2n) is 10.9. The van der Waals surface area contributed by atoms with Crippen LogP contribution >= 0.6 is 0 Å². The van der Waals surface area contributed by atoms with Crippen LogP contribution in [-0.2, 0) is 33.2 Å². The Morgan fingerprint density at radius 2 is 1.80 bits per heavy atom. The molecule has 0 spiro atoms. The molecule has 0 aliphatic carbocycles. The SMILES string of the molecule is CCCCCCOC(=O)NN=Cc1ccc(NCc2nc3cc(C(=O)N(CCC(=O)O)c4ccccn4)ccc3n2C)cc1.CS(=O)(=O)O. The number of hydrogen-bond donors (Lipinski definition) is 4. The molecule has 4 N–H and O–H groups in total. The highest BCUT2D eigenvalue weighted by Crippen LogP contribution is 2.21. The number of amides is 2. The minimum Gasteiger partial charge on any atom is -0.481 e. The highest BCUT2D eigenvalue weighted by molar-refractivity contribution is 7.85. The number of anilines is 2. The summed E-state index contributed by atoms with van der Waals surface area (Å²) < 4.78 is 32.9. The Morgan fingerprint density at radius 1 is 1.06 bits per heavy atom. The molecule has 0 atom stereocenters. The highest BCUT2D eigenvalue weighted by atomic mass is 32.2.